The van der Waals surface area contributed by atoms with Crippen LogP contribution in [0.2, 0.25) is 0 Å². The number of sulfonamides is 1. The number of carbonyl (C=O) groups excluding carboxylic acids is 1. The lowest BCUT2D eigenvalue weighted by molar-refractivity contribution is -0.133. The van der Waals surface area contributed by atoms with Crippen LogP contribution in [0.3, 0.4) is 0 Å². The Kier molecular flexibility index (Phi) is 6.97. The summed E-state index contributed by atoms with van der Waals surface area (Å²) in [4.78, 5) is 17.2. The molecule has 1 aromatic heterocycles. The zero-order chi connectivity index (χ0) is 25.3. The van der Waals surface area contributed by atoms with Gasteiger partial charge in [-0.05, 0) is 65.2 Å². The fourth-order valence-electron chi connectivity index (χ4n) is 4.95. The Bertz CT molecular complexity index is 1480. The normalized spacial score (nSPS) is 16.8. The van der Waals surface area contributed by atoms with Crippen molar-refractivity contribution in [2.75, 3.05) is 13.1 Å². The minimum Gasteiger partial charge on any atom is -0.330 e. The third kappa shape index (κ3) is 4.59. The van der Waals surface area contributed by atoms with Gasteiger partial charge in [0, 0.05) is 17.5 Å². The molecule has 5 nitrogen and oxygen atoms in total. The van der Waals surface area contributed by atoms with Crippen LogP contribution in [0.1, 0.15) is 42.3 Å². The molecular weight excluding hydrogens is 488 g/mol. The van der Waals surface area contributed by atoms with Gasteiger partial charge in [-0.2, -0.15) is 4.31 Å². The van der Waals surface area contributed by atoms with Crippen molar-refractivity contribution in [3.05, 3.63) is 100 Å². The lowest BCUT2D eigenvalue weighted by Gasteiger charge is -2.38. The molecule has 0 N–H and O–H groups in total. The van der Waals surface area contributed by atoms with Crippen molar-refractivity contribution in [3.8, 4) is 0 Å². The van der Waals surface area contributed by atoms with Crippen LogP contribution in [0.4, 0.5) is 0 Å². The summed E-state index contributed by atoms with van der Waals surface area (Å²) in [6.07, 6.45) is 1.39. The Morgan fingerprint density at radius 1 is 1.03 bits per heavy atom. The standard InChI is InChI=1S/C29H30N2O3S2/c1-3-21(2)31(36(33,34)25-14-13-22-9-7-8-12-24(22)19-25)20-28(32)30-17-15-27-26(16-18-35-27)29(30)23-10-5-4-6-11-23/h4-14,16,18-19,21,29H,3,15,17,20H2,1-2H3. The van der Waals surface area contributed by atoms with Gasteiger partial charge in [-0.3, -0.25) is 4.79 Å². The lowest BCUT2D eigenvalue weighted by Crippen LogP contribution is -2.49. The molecule has 36 heavy (non-hydrogen) atoms. The van der Waals surface area contributed by atoms with Crippen LogP contribution in [0.25, 0.3) is 10.8 Å². The van der Waals surface area contributed by atoms with Gasteiger partial charge in [-0.25, -0.2) is 8.42 Å². The summed E-state index contributed by atoms with van der Waals surface area (Å²) in [5, 5.41) is 3.91. The minimum absolute atomic E-state index is 0.176. The highest BCUT2D eigenvalue weighted by molar-refractivity contribution is 7.89. The molecule has 3 aromatic carbocycles. The molecule has 1 amide bonds. The van der Waals surface area contributed by atoms with Gasteiger partial charge >= 0.3 is 0 Å². The molecule has 5 rings (SSSR count). The summed E-state index contributed by atoms with van der Waals surface area (Å²) in [7, 11) is -3.88. The monoisotopic (exact) mass is 518 g/mol. The van der Waals surface area contributed by atoms with Crippen molar-refractivity contribution in [2.45, 2.75) is 43.7 Å². The average Bonchev–Trinajstić information content (AvgIpc) is 3.39. The maximum Gasteiger partial charge on any atom is 0.243 e. The Morgan fingerprint density at radius 2 is 1.75 bits per heavy atom. The van der Waals surface area contributed by atoms with E-state index in [-0.39, 0.29) is 29.4 Å². The van der Waals surface area contributed by atoms with E-state index in [2.05, 4.69) is 11.4 Å². The smallest absolute Gasteiger partial charge is 0.243 e. The average molecular weight is 519 g/mol. The van der Waals surface area contributed by atoms with E-state index in [0.29, 0.717) is 13.0 Å². The number of carbonyl (C=O) groups is 1. The largest absolute Gasteiger partial charge is 0.330 e. The number of nitrogens with zero attached hydrogens (tertiary/aromatic N) is 2. The second-order valence-corrected chi connectivity index (χ2v) is 12.2. The molecule has 1 aliphatic rings. The minimum atomic E-state index is -3.88. The van der Waals surface area contributed by atoms with E-state index in [1.807, 2.05) is 79.4 Å². The van der Waals surface area contributed by atoms with Crippen molar-refractivity contribution in [1.82, 2.24) is 9.21 Å². The number of rotatable bonds is 7. The molecule has 0 bridgehead atoms. The zero-order valence-corrected chi connectivity index (χ0v) is 22.1. The highest BCUT2D eigenvalue weighted by Crippen LogP contribution is 2.38. The zero-order valence-electron chi connectivity index (χ0n) is 20.5. The molecule has 0 saturated carbocycles. The number of benzene rings is 3. The first-order valence-corrected chi connectivity index (χ1v) is 14.6. The number of hydrogen-bond acceptors (Lipinski definition) is 4. The van der Waals surface area contributed by atoms with E-state index >= 15 is 0 Å². The SMILES string of the molecule is CCC(C)N(CC(=O)N1CCc2sccc2C1c1ccccc1)S(=O)(=O)c1ccc2ccccc2c1. The number of amides is 1. The molecule has 0 aliphatic carbocycles. The second kappa shape index (κ2) is 10.2. The molecule has 186 valence electrons. The molecule has 2 atom stereocenters. The van der Waals surface area contributed by atoms with Gasteiger partial charge in [-0.1, -0.05) is 67.6 Å². The molecular formula is C29H30N2O3S2. The predicted molar refractivity (Wildman–Crippen MR) is 146 cm³/mol. The first-order valence-electron chi connectivity index (χ1n) is 12.3. The summed E-state index contributed by atoms with van der Waals surface area (Å²) in [5.41, 5.74) is 2.18. The lowest BCUT2D eigenvalue weighted by atomic mass is 9.93. The fraction of sp³-hybridized carbons (Fsp3) is 0.276. The van der Waals surface area contributed by atoms with Crippen LogP contribution in [0.5, 0.6) is 0 Å². The van der Waals surface area contributed by atoms with Crippen LogP contribution in [0.15, 0.2) is 89.1 Å². The maximum atomic E-state index is 13.9. The summed E-state index contributed by atoms with van der Waals surface area (Å²) < 4.78 is 29.1. The van der Waals surface area contributed by atoms with Crippen LogP contribution >= 0.6 is 11.3 Å². The van der Waals surface area contributed by atoms with Gasteiger partial charge < -0.3 is 4.90 Å². The fourth-order valence-corrected chi connectivity index (χ4v) is 7.54. The van der Waals surface area contributed by atoms with Gasteiger partial charge in [0.1, 0.15) is 0 Å². The Labute approximate surface area is 217 Å². The Morgan fingerprint density at radius 3 is 2.50 bits per heavy atom. The van der Waals surface area contributed by atoms with Gasteiger partial charge in [0.25, 0.3) is 0 Å². The Balaban J connectivity index is 1.49. The quantitative estimate of drug-likeness (QED) is 0.308. The van der Waals surface area contributed by atoms with Crippen molar-refractivity contribution in [2.24, 2.45) is 0 Å². The van der Waals surface area contributed by atoms with Gasteiger partial charge in [0.2, 0.25) is 15.9 Å². The number of thiophene rings is 1. The number of fused-ring (bicyclic) bond motifs is 2. The third-order valence-corrected chi connectivity index (χ3v) is 10.1. The van der Waals surface area contributed by atoms with Crippen molar-refractivity contribution in [3.63, 3.8) is 0 Å². The van der Waals surface area contributed by atoms with E-state index in [0.717, 1.165) is 28.3 Å². The van der Waals surface area contributed by atoms with Crippen molar-refractivity contribution < 1.29 is 13.2 Å². The van der Waals surface area contributed by atoms with Crippen molar-refractivity contribution >= 4 is 38.0 Å². The summed E-state index contributed by atoms with van der Waals surface area (Å²) in [5.74, 6) is -0.176. The van der Waals surface area contributed by atoms with E-state index in [1.165, 1.54) is 9.18 Å². The maximum absolute atomic E-state index is 13.9. The molecule has 0 saturated heterocycles. The molecule has 2 heterocycles. The van der Waals surface area contributed by atoms with E-state index in [4.69, 9.17) is 0 Å². The molecule has 1 aliphatic heterocycles. The first kappa shape index (κ1) is 24.7. The highest BCUT2D eigenvalue weighted by atomic mass is 32.2. The van der Waals surface area contributed by atoms with E-state index < -0.39 is 10.0 Å². The third-order valence-electron chi connectivity index (χ3n) is 7.10. The van der Waals surface area contributed by atoms with Crippen molar-refractivity contribution in [1.29, 1.82) is 0 Å². The molecule has 0 radical (unpaired) electrons. The van der Waals surface area contributed by atoms with E-state index in [1.54, 1.807) is 23.5 Å². The van der Waals surface area contributed by atoms with Gasteiger partial charge in [-0.15, -0.1) is 11.3 Å². The molecule has 0 spiro atoms. The predicted octanol–water partition coefficient (Wildman–Crippen LogP) is 5.86. The molecule has 0 fully saturated rings. The Hall–Kier alpha value is -3.00. The molecule has 4 aromatic rings. The van der Waals surface area contributed by atoms with Crippen LogP contribution in [-0.2, 0) is 21.2 Å². The van der Waals surface area contributed by atoms with Crippen LogP contribution in [0, 0.1) is 0 Å². The molecule has 2 unspecified atom stereocenters. The molecule has 7 heteroatoms. The summed E-state index contributed by atoms with van der Waals surface area (Å²) in [6.45, 7) is 4.19. The second-order valence-electron chi connectivity index (χ2n) is 9.27. The van der Waals surface area contributed by atoms with E-state index in [9.17, 15) is 13.2 Å². The summed E-state index contributed by atoms with van der Waals surface area (Å²) >= 11 is 1.72. The highest BCUT2D eigenvalue weighted by Gasteiger charge is 2.37. The number of hydrogen-bond donors (Lipinski definition) is 0. The van der Waals surface area contributed by atoms with Crippen LogP contribution < -0.4 is 0 Å². The van der Waals surface area contributed by atoms with Gasteiger partial charge in [0.15, 0.2) is 0 Å². The topological polar surface area (TPSA) is 57.7 Å². The first-order chi connectivity index (χ1) is 17.4. The van der Waals surface area contributed by atoms with Gasteiger partial charge in [0.05, 0.1) is 17.5 Å². The van der Waals surface area contributed by atoms with Crippen LogP contribution in [-0.4, -0.2) is 42.7 Å². The summed E-state index contributed by atoms with van der Waals surface area (Å²) in [6, 6.07) is 24.4.